The van der Waals surface area contributed by atoms with Crippen molar-refractivity contribution in [2.24, 2.45) is 10.2 Å². The van der Waals surface area contributed by atoms with Crippen molar-refractivity contribution in [1.29, 1.82) is 0 Å². The molecule has 6 heteroatoms. The molecular weight excluding hydrogens is 432 g/mol. The summed E-state index contributed by atoms with van der Waals surface area (Å²) in [7, 11) is 4.25. The van der Waals surface area contributed by atoms with Crippen molar-refractivity contribution in [3.63, 3.8) is 0 Å². The van der Waals surface area contributed by atoms with Crippen molar-refractivity contribution >= 4 is 34.1 Å². The van der Waals surface area contributed by atoms with Crippen LogP contribution in [0.2, 0.25) is 0 Å². The van der Waals surface area contributed by atoms with Crippen LogP contribution in [0.3, 0.4) is 0 Å². The third kappa shape index (κ3) is 3.10. The van der Waals surface area contributed by atoms with Crippen molar-refractivity contribution in [2.45, 2.75) is 19.8 Å². The van der Waals surface area contributed by atoms with E-state index in [1.54, 1.807) is 0 Å². The Balaban J connectivity index is 1.74. The summed E-state index contributed by atoms with van der Waals surface area (Å²) in [5.74, 6) is -0.910. The summed E-state index contributed by atoms with van der Waals surface area (Å²) in [5, 5.41) is 10.5. The van der Waals surface area contributed by atoms with E-state index in [0.717, 1.165) is 34.1 Å². The highest BCUT2D eigenvalue weighted by molar-refractivity contribution is 5.73. The van der Waals surface area contributed by atoms with Gasteiger partial charge in [-0.2, -0.15) is 0 Å². The molecule has 6 rings (SSSR count). The summed E-state index contributed by atoms with van der Waals surface area (Å²) >= 11 is 0. The molecule has 0 saturated heterocycles. The Morgan fingerprint density at radius 3 is 1.37 bits per heavy atom. The predicted molar refractivity (Wildman–Crippen MR) is 139 cm³/mol. The van der Waals surface area contributed by atoms with Crippen LogP contribution in [0.5, 0.6) is 0 Å². The lowest BCUT2D eigenvalue weighted by atomic mass is 10.1. The first-order chi connectivity index (χ1) is 17.0. The second kappa shape index (κ2) is 7.87. The van der Waals surface area contributed by atoms with Crippen LogP contribution < -0.4 is 9.80 Å². The van der Waals surface area contributed by atoms with Gasteiger partial charge in [0, 0.05) is 58.0 Å². The SMILES string of the molecule is Cc1ccc2c(c1)N=[N+](c1ccccc1)C1(N2C)N(C)c2ccc(C)cc2N=[N+]1c1ccccc1. The van der Waals surface area contributed by atoms with E-state index in [-0.39, 0.29) is 0 Å². The van der Waals surface area contributed by atoms with Gasteiger partial charge in [-0.25, -0.2) is 9.80 Å². The zero-order chi connectivity index (χ0) is 24.2. The molecule has 35 heavy (non-hydrogen) atoms. The van der Waals surface area contributed by atoms with E-state index >= 15 is 0 Å². The summed E-state index contributed by atoms with van der Waals surface area (Å²) in [4.78, 5) is 4.56. The fourth-order valence-corrected chi connectivity index (χ4v) is 5.15. The molecule has 0 bridgehead atoms. The molecule has 0 aliphatic carbocycles. The number of hydrogen-bond acceptors (Lipinski definition) is 4. The fourth-order valence-electron chi connectivity index (χ4n) is 5.15. The minimum Gasteiger partial charge on any atom is -0.228 e. The Labute approximate surface area is 205 Å². The van der Waals surface area contributed by atoms with E-state index in [9.17, 15) is 0 Å². The highest BCUT2D eigenvalue weighted by atomic mass is 15.7. The largest absolute Gasteiger partial charge is 0.590 e. The number of nitrogens with zero attached hydrogens (tertiary/aromatic N) is 6. The van der Waals surface area contributed by atoms with Crippen molar-refractivity contribution in [3.05, 3.63) is 108 Å². The average Bonchev–Trinajstić information content (AvgIpc) is 2.88. The zero-order valence-corrected chi connectivity index (χ0v) is 20.4. The van der Waals surface area contributed by atoms with Crippen molar-refractivity contribution in [1.82, 2.24) is 0 Å². The molecule has 2 heterocycles. The van der Waals surface area contributed by atoms with E-state index in [1.807, 2.05) is 12.1 Å². The monoisotopic (exact) mass is 460 g/mol. The molecule has 0 fully saturated rings. The molecule has 0 radical (unpaired) electrons. The van der Waals surface area contributed by atoms with E-state index < -0.39 is 5.91 Å². The minimum atomic E-state index is -0.910. The van der Waals surface area contributed by atoms with Gasteiger partial charge in [0.2, 0.25) is 11.4 Å². The quantitative estimate of drug-likeness (QED) is 0.293. The Kier molecular flexibility index (Phi) is 4.78. The molecule has 0 aromatic heterocycles. The highest BCUT2D eigenvalue weighted by Gasteiger charge is 2.70. The number of fused-ring (bicyclic) bond motifs is 2. The topological polar surface area (TPSA) is 37.2 Å². The maximum Gasteiger partial charge on any atom is 0.590 e. The number of para-hydroxylation sites is 2. The molecule has 1 spiro atoms. The first-order valence-electron chi connectivity index (χ1n) is 11.8. The lowest BCUT2D eigenvalue weighted by molar-refractivity contribution is -0.815. The molecule has 0 amide bonds. The first-order valence-corrected chi connectivity index (χ1v) is 11.8. The highest BCUT2D eigenvalue weighted by Crippen LogP contribution is 2.50. The van der Waals surface area contributed by atoms with Crippen LogP contribution in [0, 0.1) is 13.8 Å². The number of benzene rings is 4. The minimum absolute atomic E-state index is 0.910. The van der Waals surface area contributed by atoms with Gasteiger partial charge < -0.3 is 0 Å². The Morgan fingerprint density at radius 2 is 0.971 bits per heavy atom. The van der Waals surface area contributed by atoms with Gasteiger partial charge in [0.25, 0.3) is 0 Å². The molecule has 2 aliphatic heterocycles. The average molecular weight is 461 g/mol. The molecule has 6 nitrogen and oxygen atoms in total. The van der Waals surface area contributed by atoms with Crippen LogP contribution in [-0.2, 0) is 0 Å². The maximum absolute atomic E-state index is 5.27. The molecule has 0 saturated carbocycles. The van der Waals surface area contributed by atoms with Gasteiger partial charge in [0.15, 0.2) is 11.4 Å². The maximum atomic E-state index is 5.27. The van der Waals surface area contributed by atoms with E-state index in [1.165, 1.54) is 11.1 Å². The number of hydrogen-bond donors (Lipinski definition) is 0. The summed E-state index contributed by atoms with van der Waals surface area (Å²) < 4.78 is 4.18. The second-order valence-electron chi connectivity index (χ2n) is 9.20. The lowest BCUT2D eigenvalue weighted by Crippen LogP contribution is -2.71. The first kappa shape index (κ1) is 21.2. The van der Waals surface area contributed by atoms with Crippen molar-refractivity contribution in [3.8, 4) is 0 Å². The van der Waals surface area contributed by atoms with E-state index in [2.05, 4.69) is 132 Å². The second-order valence-corrected chi connectivity index (χ2v) is 9.20. The summed E-state index contributed by atoms with van der Waals surface area (Å²) in [6, 6.07) is 33.5. The number of azo groups is 4. The summed E-state index contributed by atoms with van der Waals surface area (Å²) in [6.07, 6.45) is 0. The van der Waals surface area contributed by atoms with Crippen molar-refractivity contribution < 1.29 is 9.39 Å². The van der Waals surface area contributed by atoms with Crippen LogP contribution in [0.25, 0.3) is 0 Å². The molecule has 4 aromatic rings. The van der Waals surface area contributed by atoms with Crippen LogP contribution in [0.15, 0.2) is 107 Å². The van der Waals surface area contributed by atoms with Gasteiger partial charge in [-0.3, -0.25) is 0 Å². The summed E-state index contributed by atoms with van der Waals surface area (Å²) in [6.45, 7) is 4.20. The summed E-state index contributed by atoms with van der Waals surface area (Å²) in [5.41, 5.74) is 8.24. The molecular formula is C29H28N6+2. The lowest BCUT2D eigenvalue weighted by Gasteiger charge is -2.41. The molecule has 172 valence electrons. The van der Waals surface area contributed by atoms with Crippen LogP contribution in [-0.4, -0.2) is 29.4 Å². The third-order valence-corrected chi connectivity index (χ3v) is 6.87. The van der Waals surface area contributed by atoms with Crippen LogP contribution in [0.1, 0.15) is 11.1 Å². The number of aryl methyl sites for hydroxylation is 2. The van der Waals surface area contributed by atoms with E-state index in [4.69, 9.17) is 10.2 Å². The van der Waals surface area contributed by atoms with E-state index in [0.29, 0.717) is 0 Å². The molecule has 0 atom stereocenters. The van der Waals surface area contributed by atoms with Gasteiger partial charge in [0.05, 0.1) is 11.4 Å². The molecule has 2 aliphatic rings. The Morgan fingerprint density at radius 1 is 0.571 bits per heavy atom. The van der Waals surface area contributed by atoms with Gasteiger partial charge in [-0.1, -0.05) is 48.5 Å². The van der Waals surface area contributed by atoms with Gasteiger partial charge >= 0.3 is 5.91 Å². The smallest absolute Gasteiger partial charge is 0.228 e. The van der Waals surface area contributed by atoms with Gasteiger partial charge in [-0.15, -0.1) is 0 Å². The standard InChI is InChI=1S/C29H28N6/c1-21-15-17-27-25(19-21)30-34(23-11-7-5-8-12-23)29(32(27)3)33(4)28-18-16-22(2)20-26(28)31-35(29)24-13-9-6-10-14-24/h5-20H,1-4H3/q+2. The van der Waals surface area contributed by atoms with Crippen LogP contribution >= 0.6 is 0 Å². The third-order valence-electron chi connectivity index (χ3n) is 6.87. The van der Waals surface area contributed by atoms with Gasteiger partial charge in [-0.05, 0) is 49.2 Å². The normalized spacial score (nSPS) is 15.9. The fraction of sp³-hybridized carbons (Fsp3) is 0.172. The Bertz CT molecular complexity index is 1380. The Hall–Kier alpha value is -4.32. The van der Waals surface area contributed by atoms with Gasteiger partial charge in [0.1, 0.15) is 0 Å². The molecule has 0 unspecified atom stereocenters. The number of anilines is 2. The molecule has 0 N–H and O–H groups in total. The zero-order valence-electron chi connectivity index (χ0n) is 20.4. The molecule has 4 aromatic carbocycles. The number of rotatable bonds is 2. The van der Waals surface area contributed by atoms with Crippen molar-refractivity contribution in [2.75, 3.05) is 23.9 Å². The van der Waals surface area contributed by atoms with Crippen LogP contribution in [0.4, 0.5) is 34.1 Å². The predicted octanol–water partition coefficient (Wildman–Crippen LogP) is 7.37.